The fourth-order valence-electron chi connectivity index (χ4n) is 2.26. The molecule has 1 saturated heterocycles. The van der Waals surface area contributed by atoms with Crippen LogP contribution in [-0.2, 0) is 11.2 Å². The Balaban J connectivity index is 1.90. The van der Waals surface area contributed by atoms with Gasteiger partial charge in [0.2, 0.25) is 5.91 Å². The van der Waals surface area contributed by atoms with Gasteiger partial charge in [0.25, 0.3) is 5.91 Å². The summed E-state index contributed by atoms with van der Waals surface area (Å²) in [7, 11) is 0. The Kier molecular flexibility index (Phi) is 3.92. The normalized spacial score (nSPS) is 15.1. The Morgan fingerprint density at radius 2 is 2.33 bits per heavy atom. The van der Waals surface area contributed by atoms with Crippen molar-refractivity contribution in [3.63, 3.8) is 0 Å². The second-order valence-electron chi connectivity index (χ2n) is 4.46. The van der Waals surface area contributed by atoms with Crippen molar-refractivity contribution in [2.45, 2.75) is 25.7 Å². The van der Waals surface area contributed by atoms with Crippen LogP contribution in [0.25, 0.3) is 0 Å². The van der Waals surface area contributed by atoms with Crippen molar-refractivity contribution < 1.29 is 9.59 Å². The highest BCUT2D eigenvalue weighted by atomic mass is 16.2. The van der Waals surface area contributed by atoms with Crippen LogP contribution in [0, 0.1) is 0 Å². The zero-order valence-corrected chi connectivity index (χ0v) is 10.3. The highest BCUT2D eigenvalue weighted by molar-refractivity contribution is 5.92. The summed E-state index contributed by atoms with van der Waals surface area (Å²) in [6, 6.07) is 3.65. The number of hydrogen-bond acceptors (Lipinski definition) is 3. The second kappa shape index (κ2) is 5.62. The highest BCUT2D eigenvalue weighted by Crippen LogP contribution is 2.12. The van der Waals surface area contributed by atoms with E-state index < -0.39 is 5.91 Å². The molecule has 0 atom stereocenters. The van der Waals surface area contributed by atoms with Crippen LogP contribution in [0.1, 0.15) is 35.3 Å². The molecular formula is C13H17N3O2. The fourth-order valence-corrected chi connectivity index (χ4v) is 2.26. The van der Waals surface area contributed by atoms with Crippen LogP contribution in [0.5, 0.6) is 0 Å². The van der Waals surface area contributed by atoms with Gasteiger partial charge in [-0.1, -0.05) is 6.07 Å². The van der Waals surface area contributed by atoms with E-state index in [0.29, 0.717) is 12.1 Å². The number of primary amides is 1. The van der Waals surface area contributed by atoms with Gasteiger partial charge in [-0.2, -0.15) is 0 Å². The minimum Gasteiger partial charge on any atom is -0.364 e. The first-order valence-corrected chi connectivity index (χ1v) is 6.20. The number of likely N-dealkylation sites (tertiary alicyclic amines) is 1. The summed E-state index contributed by atoms with van der Waals surface area (Å²) in [6.45, 7) is 1.60. The van der Waals surface area contributed by atoms with Gasteiger partial charge in [-0.15, -0.1) is 0 Å². The molecular weight excluding hydrogens is 230 g/mol. The molecule has 2 heterocycles. The number of rotatable bonds is 5. The van der Waals surface area contributed by atoms with Crippen LogP contribution in [0.3, 0.4) is 0 Å². The van der Waals surface area contributed by atoms with Crippen molar-refractivity contribution in [3.8, 4) is 0 Å². The highest BCUT2D eigenvalue weighted by Gasteiger charge is 2.19. The number of hydrogen-bond donors (Lipinski definition) is 1. The molecule has 0 bridgehead atoms. The summed E-state index contributed by atoms with van der Waals surface area (Å²) in [4.78, 5) is 28.5. The number of nitrogens with two attached hydrogens (primary N) is 1. The maximum absolute atomic E-state index is 11.4. The molecule has 1 aliphatic heterocycles. The molecule has 5 nitrogen and oxygen atoms in total. The van der Waals surface area contributed by atoms with E-state index in [0.717, 1.165) is 37.9 Å². The van der Waals surface area contributed by atoms with Crippen LogP contribution in [0.4, 0.5) is 0 Å². The van der Waals surface area contributed by atoms with Crippen molar-refractivity contribution in [2.75, 3.05) is 13.1 Å². The van der Waals surface area contributed by atoms with Gasteiger partial charge < -0.3 is 10.6 Å². The van der Waals surface area contributed by atoms with E-state index in [1.54, 1.807) is 12.3 Å². The number of carbonyl (C=O) groups is 2. The van der Waals surface area contributed by atoms with Crippen molar-refractivity contribution >= 4 is 11.8 Å². The molecule has 2 amide bonds. The third-order valence-corrected chi connectivity index (χ3v) is 3.17. The van der Waals surface area contributed by atoms with Gasteiger partial charge in [0.05, 0.1) is 0 Å². The first-order valence-electron chi connectivity index (χ1n) is 6.20. The predicted molar refractivity (Wildman–Crippen MR) is 66.9 cm³/mol. The molecule has 2 N–H and O–H groups in total. The third-order valence-electron chi connectivity index (χ3n) is 3.17. The predicted octanol–water partition coefficient (Wildman–Crippen LogP) is 0.735. The zero-order valence-electron chi connectivity index (χ0n) is 10.3. The molecule has 0 unspecified atom stereocenters. The van der Waals surface area contributed by atoms with Gasteiger partial charge in [-0.25, -0.2) is 0 Å². The van der Waals surface area contributed by atoms with E-state index in [1.165, 1.54) is 0 Å². The van der Waals surface area contributed by atoms with Crippen molar-refractivity contribution in [1.82, 2.24) is 9.88 Å². The van der Waals surface area contributed by atoms with Gasteiger partial charge >= 0.3 is 0 Å². The van der Waals surface area contributed by atoms with Crippen molar-refractivity contribution in [3.05, 3.63) is 29.6 Å². The largest absolute Gasteiger partial charge is 0.364 e. The Bertz CT molecular complexity index is 459. The third kappa shape index (κ3) is 2.85. The van der Waals surface area contributed by atoms with Crippen LogP contribution >= 0.6 is 0 Å². The Morgan fingerprint density at radius 1 is 1.50 bits per heavy atom. The summed E-state index contributed by atoms with van der Waals surface area (Å²) in [5.41, 5.74) is 6.46. The number of pyridine rings is 1. The topological polar surface area (TPSA) is 76.3 Å². The summed E-state index contributed by atoms with van der Waals surface area (Å²) in [5, 5.41) is 0. The van der Waals surface area contributed by atoms with Gasteiger partial charge in [0, 0.05) is 25.7 Å². The van der Waals surface area contributed by atoms with Crippen LogP contribution in [0.2, 0.25) is 0 Å². The maximum atomic E-state index is 11.4. The maximum Gasteiger partial charge on any atom is 0.267 e. The molecule has 0 saturated carbocycles. The summed E-state index contributed by atoms with van der Waals surface area (Å²) >= 11 is 0. The SMILES string of the molecule is NC(=O)c1ncccc1CCCN1CCCC1=O. The van der Waals surface area contributed by atoms with E-state index in [1.807, 2.05) is 11.0 Å². The molecule has 0 aliphatic carbocycles. The first kappa shape index (κ1) is 12.5. The lowest BCUT2D eigenvalue weighted by Gasteiger charge is -2.15. The Morgan fingerprint density at radius 3 is 3.00 bits per heavy atom. The van der Waals surface area contributed by atoms with Crippen LogP contribution < -0.4 is 5.73 Å². The van der Waals surface area contributed by atoms with Crippen molar-refractivity contribution in [1.29, 1.82) is 0 Å². The molecule has 96 valence electrons. The second-order valence-corrected chi connectivity index (χ2v) is 4.46. The summed E-state index contributed by atoms with van der Waals surface area (Å²) in [5.74, 6) is -0.265. The lowest BCUT2D eigenvalue weighted by Crippen LogP contribution is -2.26. The van der Waals surface area contributed by atoms with Gasteiger partial charge in [-0.05, 0) is 30.9 Å². The van der Waals surface area contributed by atoms with Crippen LogP contribution in [0.15, 0.2) is 18.3 Å². The average Bonchev–Trinajstić information content (AvgIpc) is 2.76. The lowest BCUT2D eigenvalue weighted by atomic mass is 10.1. The molecule has 1 fully saturated rings. The average molecular weight is 247 g/mol. The molecule has 2 rings (SSSR count). The molecule has 1 aromatic rings. The Hall–Kier alpha value is -1.91. The van der Waals surface area contributed by atoms with E-state index in [2.05, 4.69) is 4.98 Å². The van der Waals surface area contributed by atoms with Crippen molar-refractivity contribution in [2.24, 2.45) is 5.73 Å². The molecule has 18 heavy (non-hydrogen) atoms. The fraction of sp³-hybridized carbons (Fsp3) is 0.462. The Labute approximate surface area is 106 Å². The number of aryl methyl sites for hydroxylation is 1. The van der Waals surface area contributed by atoms with Crippen LogP contribution in [-0.4, -0.2) is 34.8 Å². The molecule has 0 radical (unpaired) electrons. The molecule has 1 aromatic heterocycles. The summed E-state index contributed by atoms with van der Waals surface area (Å²) < 4.78 is 0. The minimum atomic E-state index is -0.497. The zero-order chi connectivity index (χ0) is 13.0. The number of amides is 2. The molecule has 1 aliphatic rings. The van der Waals surface area contributed by atoms with E-state index in [-0.39, 0.29) is 5.91 Å². The summed E-state index contributed by atoms with van der Waals surface area (Å²) in [6.07, 6.45) is 4.74. The quantitative estimate of drug-likeness (QED) is 0.833. The number of aromatic nitrogens is 1. The van der Waals surface area contributed by atoms with Gasteiger partial charge in [-0.3, -0.25) is 14.6 Å². The minimum absolute atomic E-state index is 0.233. The molecule has 0 spiro atoms. The lowest BCUT2D eigenvalue weighted by molar-refractivity contribution is -0.127. The van der Waals surface area contributed by atoms with E-state index in [9.17, 15) is 9.59 Å². The molecule has 5 heteroatoms. The van der Waals surface area contributed by atoms with Gasteiger partial charge in [0.1, 0.15) is 5.69 Å². The molecule has 0 aromatic carbocycles. The smallest absolute Gasteiger partial charge is 0.267 e. The first-order chi connectivity index (χ1) is 8.68. The van der Waals surface area contributed by atoms with Gasteiger partial charge in [0.15, 0.2) is 0 Å². The standard InChI is InChI=1S/C13H17N3O2/c14-13(18)12-10(4-1-7-15-12)5-2-8-16-9-3-6-11(16)17/h1,4,7H,2-3,5-6,8-9H2,(H2,14,18). The number of carbonyl (C=O) groups excluding carboxylic acids is 2. The van der Waals surface area contributed by atoms with E-state index in [4.69, 9.17) is 5.73 Å². The number of nitrogens with zero attached hydrogens (tertiary/aromatic N) is 2. The monoisotopic (exact) mass is 247 g/mol. The van der Waals surface area contributed by atoms with E-state index >= 15 is 0 Å².